The third-order valence-corrected chi connectivity index (χ3v) is 2.57. The van der Waals surface area contributed by atoms with Crippen LogP contribution >= 0.6 is 11.8 Å². The Morgan fingerprint density at radius 1 is 1.70 bits per heavy atom. The summed E-state index contributed by atoms with van der Waals surface area (Å²) in [7, 11) is 0. The summed E-state index contributed by atoms with van der Waals surface area (Å²) in [5.41, 5.74) is 0. The quantitative estimate of drug-likeness (QED) is 0.615. The van der Waals surface area contributed by atoms with Gasteiger partial charge in [-0.25, -0.2) is 0 Å². The summed E-state index contributed by atoms with van der Waals surface area (Å²) in [4.78, 5) is 11.1. The molecular weight excluding hydrogens is 146 g/mol. The van der Waals surface area contributed by atoms with E-state index in [-0.39, 0.29) is 5.92 Å². The van der Waals surface area contributed by atoms with Gasteiger partial charge in [-0.2, -0.15) is 0 Å². The van der Waals surface area contributed by atoms with Gasteiger partial charge in [-0.1, -0.05) is 11.8 Å². The van der Waals surface area contributed by atoms with E-state index in [1.165, 1.54) is 11.8 Å². The maximum Gasteiger partial charge on any atom is 0.193 e. The number of carbonyl (C=O) groups excluding carboxylic acids is 1. The lowest BCUT2D eigenvalue weighted by Gasteiger charge is -2.20. The number of nitrogens with one attached hydrogen (secondary N) is 1. The molecule has 0 aromatic rings. The molecule has 0 amide bonds. The van der Waals surface area contributed by atoms with Crippen molar-refractivity contribution >= 4 is 16.9 Å². The fraction of sp³-hybridized carbons (Fsp3) is 0.857. The minimum atomic E-state index is 0.281. The Kier molecular flexibility index (Phi) is 3.22. The molecule has 0 aromatic heterocycles. The normalized spacial score (nSPS) is 26.3. The van der Waals surface area contributed by atoms with E-state index in [2.05, 4.69) is 5.32 Å². The predicted octanol–water partition coefficient (Wildman–Crippen LogP) is 0.876. The van der Waals surface area contributed by atoms with E-state index in [0.717, 1.165) is 25.9 Å². The maximum atomic E-state index is 11.1. The standard InChI is InChI=1S/C7H13NOS/c1-10-7(9)6-3-2-4-8-5-6/h6,8H,2-5H2,1H3. The largest absolute Gasteiger partial charge is 0.316 e. The molecule has 1 N–H and O–H groups in total. The summed E-state index contributed by atoms with van der Waals surface area (Å²) >= 11 is 1.35. The van der Waals surface area contributed by atoms with E-state index < -0.39 is 0 Å². The molecule has 1 aliphatic rings. The second-order valence-electron chi connectivity index (χ2n) is 2.57. The lowest BCUT2D eigenvalue weighted by atomic mass is 10.0. The van der Waals surface area contributed by atoms with Crippen LogP contribution in [0.2, 0.25) is 0 Å². The molecule has 0 aromatic carbocycles. The van der Waals surface area contributed by atoms with E-state index >= 15 is 0 Å². The third-order valence-electron chi connectivity index (χ3n) is 1.83. The second kappa shape index (κ2) is 3.98. The molecule has 1 rings (SSSR count). The molecule has 1 fully saturated rings. The van der Waals surface area contributed by atoms with E-state index in [1.54, 1.807) is 0 Å². The molecule has 1 aliphatic heterocycles. The zero-order chi connectivity index (χ0) is 7.40. The molecule has 0 aliphatic carbocycles. The minimum Gasteiger partial charge on any atom is -0.316 e. The Labute approximate surface area is 65.8 Å². The van der Waals surface area contributed by atoms with Crippen LogP contribution in [-0.2, 0) is 4.79 Å². The zero-order valence-corrected chi connectivity index (χ0v) is 7.04. The van der Waals surface area contributed by atoms with Gasteiger partial charge < -0.3 is 5.32 Å². The summed E-state index contributed by atoms with van der Waals surface area (Å²) in [6.45, 7) is 1.97. The van der Waals surface area contributed by atoms with Crippen LogP contribution < -0.4 is 5.32 Å². The smallest absolute Gasteiger partial charge is 0.193 e. The highest BCUT2D eigenvalue weighted by atomic mass is 32.2. The van der Waals surface area contributed by atoms with Gasteiger partial charge in [-0.05, 0) is 25.6 Å². The lowest BCUT2D eigenvalue weighted by Crippen LogP contribution is -2.33. The van der Waals surface area contributed by atoms with E-state index in [9.17, 15) is 4.79 Å². The van der Waals surface area contributed by atoms with Crippen LogP contribution in [0.15, 0.2) is 0 Å². The highest BCUT2D eigenvalue weighted by molar-refractivity contribution is 8.13. The average molecular weight is 159 g/mol. The first-order valence-electron chi connectivity index (χ1n) is 3.63. The molecule has 10 heavy (non-hydrogen) atoms. The van der Waals surface area contributed by atoms with Crippen LogP contribution in [0.1, 0.15) is 12.8 Å². The second-order valence-corrected chi connectivity index (χ2v) is 3.38. The van der Waals surface area contributed by atoms with Crippen molar-refractivity contribution in [3.8, 4) is 0 Å². The van der Waals surface area contributed by atoms with Crippen LogP contribution in [0.5, 0.6) is 0 Å². The molecule has 0 radical (unpaired) electrons. The van der Waals surface area contributed by atoms with Crippen LogP contribution in [0.25, 0.3) is 0 Å². The van der Waals surface area contributed by atoms with Crippen LogP contribution in [0.3, 0.4) is 0 Å². The van der Waals surface area contributed by atoms with Gasteiger partial charge in [0, 0.05) is 12.5 Å². The molecule has 1 saturated heterocycles. The Bertz CT molecular complexity index is 121. The van der Waals surface area contributed by atoms with Crippen LogP contribution in [0.4, 0.5) is 0 Å². The first-order chi connectivity index (χ1) is 4.84. The van der Waals surface area contributed by atoms with Crippen molar-refractivity contribution in [2.45, 2.75) is 12.8 Å². The molecule has 1 unspecified atom stereocenters. The lowest BCUT2D eigenvalue weighted by molar-refractivity contribution is -0.114. The summed E-state index contributed by atoms with van der Waals surface area (Å²) in [5.74, 6) is 0.281. The molecule has 1 atom stereocenters. The zero-order valence-electron chi connectivity index (χ0n) is 6.22. The molecule has 0 bridgehead atoms. The van der Waals surface area contributed by atoms with Crippen molar-refractivity contribution in [3.63, 3.8) is 0 Å². The Hall–Kier alpha value is -0.0200. The first kappa shape index (κ1) is 8.08. The summed E-state index contributed by atoms with van der Waals surface area (Å²) in [5, 5.41) is 3.56. The fourth-order valence-electron chi connectivity index (χ4n) is 1.22. The van der Waals surface area contributed by atoms with Crippen molar-refractivity contribution < 1.29 is 4.79 Å². The van der Waals surface area contributed by atoms with Crippen molar-refractivity contribution in [1.29, 1.82) is 0 Å². The molecule has 2 nitrogen and oxygen atoms in total. The van der Waals surface area contributed by atoms with E-state index in [4.69, 9.17) is 0 Å². The maximum absolute atomic E-state index is 11.1. The highest BCUT2D eigenvalue weighted by Gasteiger charge is 2.19. The first-order valence-corrected chi connectivity index (χ1v) is 4.85. The Morgan fingerprint density at radius 2 is 2.50 bits per heavy atom. The average Bonchev–Trinajstić information content (AvgIpc) is 2.05. The van der Waals surface area contributed by atoms with Gasteiger partial charge in [-0.3, -0.25) is 4.79 Å². The van der Waals surface area contributed by atoms with Crippen molar-refractivity contribution in [3.05, 3.63) is 0 Å². The molecule has 0 spiro atoms. The summed E-state index contributed by atoms with van der Waals surface area (Å²) in [6, 6.07) is 0. The molecule has 0 saturated carbocycles. The molecule has 3 heteroatoms. The van der Waals surface area contributed by atoms with Crippen LogP contribution in [0, 0.1) is 5.92 Å². The van der Waals surface area contributed by atoms with Crippen molar-refractivity contribution in [1.82, 2.24) is 5.32 Å². The van der Waals surface area contributed by atoms with Gasteiger partial charge in [0.1, 0.15) is 0 Å². The van der Waals surface area contributed by atoms with Crippen LogP contribution in [-0.4, -0.2) is 24.5 Å². The van der Waals surface area contributed by atoms with Gasteiger partial charge in [0.05, 0.1) is 0 Å². The fourth-order valence-corrected chi connectivity index (χ4v) is 1.75. The number of rotatable bonds is 1. The topological polar surface area (TPSA) is 29.1 Å². The van der Waals surface area contributed by atoms with Gasteiger partial charge in [0.2, 0.25) is 0 Å². The van der Waals surface area contributed by atoms with Gasteiger partial charge in [0.15, 0.2) is 5.12 Å². The van der Waals surface area contributed by atoms with Crippen molar-refractivity contribution in [2.75, 3.05) is 19.3 Å². The summed E-state index contributed by atoms with van der Waals surface area (Å²) < 4.78 is 0. The van der Waals surface area contributed by atoms with Gasteiger partial charge in [-0.15, -0.1) is 0 Å². The van der Waals surface area contributed by atoms with Crippen molar-refractivity contribution in [2.24, 2.45) is 5.92 Å². The Morgan fingerprint density at radius 3 is 3.00 bits per heavy atom. The Balaban J connectivity index is 2.31. The number of hydrogen-bond acceptors (Lipinski definition) is 3. The van der Waals surface area contributed by atoms with Gasteiger partial charge in [0.25, 0.3) is 0 Å². The predicted molar refractivity (Wildman–Crippen MR) is 44.1 cm³/mol. The number of piperidine rings is 1. The molecular formula is C7H13NOS. The number of carbonyl (C=O) groups is 1. The minimum absolute atomic E-state index is 0.281. The number of thioether (sulfide) groups is 1. The third kappa shape index (κ3) is 1.99. The SMILES string of the molecule is CSC(=O)C1CCCNC1. The highest BCUT2D eigenvalue weighted by Crippen LogP contribution is 2.15. The molecule has 1 heterocycles. The monoisotopic (exact) mass is 159 g/mol. The number of hydrogen-bond donors (Lipinski definition) is 1. The molecule has 58 valence electrons. The van der Waals surface area contributed by atoms with E-state index in [0.29, 0.717) is 5.12 Å². The van der Waals surface area contributed by atoms with Gasteiger partial charge >= 0.3 is 0 Å². The van der Waals surface area contributed by atoms with E-state index in [1.807, 2.05) is 6.26 Å². The summed E-state index contributed by atoms with van der Waals surface area (Å²) in [6.07, 6.45) is 4.08.